The molecule has 5 heteroatoms. The Bertz CT molecular complexity index is 729. The molecular weight excluding hydrogens is 322 g/mol. The number of likely N-dealkylation sites (N-methyl/N-ethyl adjacent to an activating group) is 1. The maximum absolute atomic E-state index is 13.7. The van der Waals surface area contributed by atoms with Crippen molar-refractivity contribution in [1.29, 1.82) is 0 Å². The zero-order chi connectivity index (χ0) is 18.6. The Morgan fingerprint density at radius 2 is 1.72 bits per heavy atom. The fourth-order valence-electron chi connectivity index (χ4n) is 2.46. The number of halogens is 2. The lowest BCUT2D eigenvalue weighted by Crippen LogP contribution is -2.39. The summed E-state index contributed by atoms with van der Waals surface area (Å²) in [5, 5.41) is 2.51. The van der Waals surface area contributed by atoms with Gasteiger partial charge >= 0.3 is 0 Å². The van der Waals surface area contributed by atoms with E-state index in [0.29, 0.717) is 12.5 Å². The van der Waals surface area contributed by atoms with Gasteiger partial charge in [-0.2, -0.15) is 0 Å². The van der Waals surface area contributed by atoms with Gasteiger partial charge in [-0.15, -0.1) is 0 Å². The Hall–Kier alpha value is -2.27. The summed E-state index contributed by atoms with van der Waals surface area (Å²) in [7, 11) is 1.83. The molecule has 2 aromatic rings. The molecule has 3 nitrogen and oxygen atoms in total. The third-order valence-electron chi connectivity index (χ3n) is 4.31. The molecule has 0 bridgehead atoms. The largest absolute Gasteiger partial charge is 0.322 e. The van der Waals surface area contributed by atoms with Crippen molar-refractivity contribution in [2.75, 3.05) is 12.4 Å². The number of nitrogens with zero attached hydrogens (tertiary/aromatic N) is 1. The van der Waals surface area contributed by atoms with Crippen molar-refractivity contribution in [3.05, 3.63) is 65.2 Å². The third-order valence-corrected chi connectivity index (χ3v) is 4.31. The quantitative estimate of drug-likeness (QED) is 0.832. The summed E-state index contributed by atoms with van der Waals surface area (Å²) < 4.78 is 26.6. The molecule has 2 aromatic carbocycles. The van der Waals surface area contributed by atoms with Gasteiger partial charge < -0.3 is 5.32 Å². The molecule has 0 aliphatic rings. The summed E-state index contributed by atoms with van der Waals surface area (Å²) in [6, 6.07) is 10.9. The lowest BCUT2D eigenvalue weighted by Gasteiger charge is -2.24. The van der Waals surface area contributed by atoms with Crippen molar-refractivity contribution in [1.82, 2.24) is 4.90 Å². The van der Waals surface area contributed by atoms with Crippen LogP contribution in [0.4, 0.5) is 14.5 Å². The zero-order valence-electron chi connectivity index (χ0n) is 15.0. The van der Waals surface area contributed by atoms with E-state index in [0.717, 1.165) is 17.7 Å². The second kappa shape index (κ2) is 8.21. The number of benzene rings is 2. The minimum absolute atomic E-state index is 0.0204. The van der Waals surface area contributed by atoms with Crippen LogP contribution < -0.4 is 5.32 Å². The second-order valence-electron chi connectivity index (χ2n) is 6.60. The minimum atomic E-state index is -0.785. The van der Waals surface area contributed by atoms with Crippen LogP contribution in [-0.2, 0) is 11.3 Å². The SMILES string of the molecule is CC(C)c1ccc(CN(C)C(C)C(=O)Nc2ccc(F)cc2F)cc1. The number of hydrogen-bond donors (Lipinski definition) is 1. The Balaban J connectivity index is 1.98. The number of anilines is 1. The fraction of sp³-hybridized carbons (Fsp3) is 0.350. The van der Waals surface area contributed by atoms with Crippen molar-refractivity contribution in [3.63, 3.8) is 0 Å². The Labute approximate surface area is 147 Å². The number of hydrogen-bond acceptors (Lipinski definition) is 2. The van der Waals surface area contributed by atoms with Gasteiger partial charge in [0.15, 0.2) is 0 Å². The average Bonchev–Trinajstić information content (AvgIpc) is 2.57. The van der Waals surface area contributed by atoms with Crippen LogP contribution in [0.25, 0.3) is 0 Å². The first-order valence-electron chi connectivity index (χ1n) is 8.33. The van der Waals surface area contributed by atoms with Gasteiger partial charge in [-0.3, -0.25) is 9.69 Å². The van der Waals surface area contributed by atoms with E-state index >= 15 is 0 Å². The van der Waals surface area contributed by atoms with Crippen LogP contribution >= 0.6 is 0 Å². The average molecular weight is 346 g/mol. The fourth-order valence-corrected chi connectivity index (χ4v) is 2.46. The van der Waals surface area contributed by atoms with E-state index in [1.54, 1.807) is 6.92 Å². The maximum atomic E-state index is 13.7. The Morgan fingerprint density at radius 1 is 1.08 bits per heavy atom. The van der Waals surface area contributed by atoms with Gasteiger partial charge in [0.05, 0.1) is 11.7 Å². The number of nitrogens with one attached hydrogen (secondary N) is 1. The summed E-state index contributed by atoms with van der Waals surface area (Å²) >= 11 is 0. The molecule has 0 heterocycles. The molecule has 2 rings (SSSR count). The Kier molecular flexibility index (Phi) is 6.26. The molecule has 0 aliphatic heterocycles. The van der Waals surface area contributed by atoms with E-state index < -0.39 is 17.7 Å². The number of carbonyl (C=O) groups excluding carboxylic acids is 1. The number of carbonyl (C=O) groups is 1. The summed E-state index contributed by atoms with van der Waals surface area (Å²) in [6.45, 7) is 6.63. The topological polar surface area (TPSA) is 32.3 Å². The summed E-state index contributed by atoms with van der Waals surface area (Å²) in [6.07, 6.45) is 0. The van der Waals surface area contributed by atoms with E-state index in [9.17, 15) is 13.6 Å². The molecule has 1 unspecified atom stereocenters. The van der Waals surface area contributed by atoms with Crippen LogP contribution in [-0.4, -0.2) is 23.9 Å². The maximum Gasteiger partial charge on any atom is 0.241 e. The summed E-state index contributed by atoms with van der Waals surface area (Å²) in [4.78, 5) is 14.2. The van der Waals surface area contributed by atoms with Crippen LogP contribution in [0.2, 0.25) is 0 Å². The molecule has 0 aliphatic carbocycles. The van der Waals surface area contributed by atoms with Crippen molar-refractivity contribution >= 4 is 11.6 Å². The molecule has 1 N–H and O–H groups in total. The zero-order valence-corrected chi connectivity index (χ0v) is 15.0. The first-order chi connectivity index (χ1) is 11.8. The number of rotatable bonds is 6. The molecule has 0 radical (unpaired) electrons. The predicted octanol–water partition coefficient (Wildman–Crippen LogP) is 4.55. The molecular formula is C20H24F2N2O. The van der Waals surface area contributed by atoms with Gasteiger partial charge in [0.1, 0.15) is 11.6 Å². The van der Waals surface area contributed by atoms with E-state index in [-0.39, 0.29) is 11.6 Å². The van der Waals surface area contributed by atoms with E-state index in [4.69, 9.17) is 0 Å². The molecule has 0 saturated carbocycles. The molecule has 0 spiro atoms. The van der Waals surface area contributed by atoms with Gasteiger partial charge in [0.25, 0.3) is 0 Å². The van der Waals surface area contributed by atoms with Crippen LogP contribution in [0.1, 0.15) is 37.8 Å². The van der Waals surface area contributed by atoms with Crippen molar-refractivity contribution < 1.29 is 13.6 Å². The van der Waals surface area contributed by atoms with E-state index in [1.165, 1.54) is 11.6 Å². The smallest absolute Gasteiger partial charge is 0.241 e. The van der Waals surface area contributed by atoms with Crippen LogP contribution in [0.3, 0.4) is 0 Å². The first kappa shape index (κ1) is 19.1. The van der Waals surface area contributed by atoms with Crippen LogP contribution in [0.5, 0.6) is 0 Å². The second-order valence-corrected chi connectivity index (χ2v) is 6.60. The molecule has 1 atom stereocenters. The Morgan fingerprint density at radius 3 is 2.28 bits per heavy atom. The van der Waals surface area contributed by atoms with Gasteiger partial charge in [0, 0.05) is 12.6 Å². The molecule has 1 amide bonds. The molecule has 0 fully saturated rings. The molecule has 134 valence electrons. The van der Waals surface area contributed by atoms with Crippen molar-refractivity contribution in [2.45, 2.75) is 39.3 Å². The lowest BCUT2D eigenvalue weighted by atomic mass is 10.0. The normalized spacial score (nSPS) is 12.5. The third kappa shape index (κ3) is 5.10. The van der Waals surface area contributed by atoms with Crippen molar-refractivity contribution in [2.24, 2.45) is 0 Å². The number of amides is 1. The van der Waals surface area contributed by atoms with Gasteiger partial charge in [-0.05, 0) is 43.1 Å². The van der Waals surface area contributed by atoms with Gasteiger partial charge in [0.2, 0.25) is 5.91 Å². The first-order valence-corrected chi connectivity index (χ1v) is 8.33. The van der Waals surface area contributed by atoms with Crippen LogP contribution in [0.15, 0.2) is 42.5 Å². The predicted molar refractivity (Wildman–Crippen MR) is 96.4 cm³/mol. The minimum Gasteiger partial charge on any atom is -0.322 e. The monoisotopic (exact) mass is 346 g/mol. The summed E-state index contributed by atoms with van der Waals surface area (Å²) in [5.41, 5.74) is 2.34. The lowest BCUT2D eigenvalue weighted by molar-refractivity contribution is -0.120. The molecule has 0 aromatic heterocycles. The van der Waals surface area contributed by atoms with E-state index in [2.05, 4.69) is 43.4 Å². The highest BCUT2D eigenvalue weighted by Gasteiger charge is 2.19. The highest BCUT2D eigenvalue weighted by Crippen LogP contribution is 2.18. The molecule has 0 saturated heterocycles. The molecule has 25 heavy (non-hydrogen) atoms. The highest BCUT2D eigenvalue weighted by atomic mass is 19.1. The van der Waals surface area contributed by atoms with Crippen molar-refractivity contribution in [3.8, 4) is 0 Å². The standard InChI is InChI=1S/C20H24F2N2O/c1-13(2)16-7-5-15(6-8-16)12-24(4)14(3)20(25)23-19-10-9-17(21)11-18(19)22/h5-11,13-14H,12H2,1-4H3,(H,23,25). The summed E-state index contributed by atoms with van der Waals surface area (Å²) in [5.74, 6) is -1.33. The van der Waals surface area contributed by atoms with Gasteiger partial charge in [-0.25, -0.2) is 8.78 Å². The van der Waals surface area contributed by atoms with Gasteiger partial charge in [-0.1, -0.05) is 38.1 Å². The van der Waals surface area contributed by atoms with E-state index in [1.807, 2.05) is 11.9 Å². The van der Waals surface area contributed by atoms with Crippen LogP contribution in [0, 0.1) is 11.6 Å². The highest BCUT2D eigenvalue weighted by molar-refractivity contribution is 5.94.